The van der Waals surface area contributed by atoms with Gasteiger partial charge in [-0.1, -0.05) is 13.8 Å². The van der Waals surface area contributed by atoms with E-state index < -0.39 is 29.9 Å². The van der Waals surface area contributed by atoms with Crippen LogP contribution in [-0.2, 0) is 11.3 Å². The molecule has 7 heteroatoms. The number of ether oxygens (including phenoxy) is 1. The zero-order valence-corrected chi connectivity index (χ0v) is 11.9. The van der Waals surface area contributed by atoms with Gasteiger partial charge in [0.05, 0.1) is 6.07 Å². The Bertz CT molecular complexity index is 519. The van der Waals surface area contributed by atoms with Crippen LogP contribution in [0.5, 0.6) is 5.75 Å². The molecule has 0 aromatic heterocycles. The van der Waals surface area contributed by atoms with Gasteiger partial charge in [-0.25, -0.2) is 8.78 Å². The quantitative estimate of drug-likeness (QED) is 0.748. The number of halogens is 2. The standard InChI is InChI=1S/C14H17F2N3O2/c1-9(2)19-7-10-5-11(15)14(12(16)6-10)21-8-13(20)18-4-3-17/h5-6,9,19H,4,7-8H2,1-2H3,(H,18,20). The number of nitriles is 1. The highest BCUT2D eigenvalue weighted by atomic mass is 19.1. The molecule has 0 aliphatic heterocycles. The van der Waals surface area contributed by atoms with Crippen molar-refractivity contribution in [3.05, 3.63) is 29.3 Å². The predicted octanol–water partition coefficient (Wildman–Crippen LogP) is 1.48. The van der Waals surface area contributed by atoms with Gasteiger partial charge >= 0.3 is 0 Å². The second-order valence-corrected chi connectivity index (χ2v) is 4.65. The number of hydrogen-bond acceptors (Lipinski definition) is 4. The average Bonchev–Trinajstić information content (AvgIpc) is 2.41. The molecule has 0 heterocycles. The van der Waals surface area contributed by atoms with Gasteiger partial charge < -0.3 is 15.4 Å². The van der Waals surface area contributed by atoms with Gasteiger partial charge in [-0.15, -0.1) is 0 Å². The molecular weight excluding hydrogens is 280 g/mol. The molecule has 0 spiro atoms. The van der Waals surface area contributed by atoms with Crippen LogP contribution in [0.4, 0.5) is 8.78 Å². The molecule has 1 rings (SSSR count). The van der Waals surface area contributed by atoms with Crippen molar-refractivity contribution in [2.24, 2.45) is 0 Å². The summed E-state index contributed by atoms with van der Waals surface area (Å²) >= 11 is 0. The van der Waals surface area contributed by atoms with Crippen molar-refractivity contribution < 1.29 is 18.3 Å². The molecule has 1 aromatic rings. The molecule has 0 bridgehead atoms. The molecule has 0 aliphatic rings. The van der Waals surface area contributed by atoms with Crippen molar-refractivity contribution in [2.75, 3.05) is 13.2 Å². The number of hydrogen-bond donors (Lipinski definition) is 2. The van der Waals surface area contributed by atoms with Crippen LogP contribution in [0.15, 0.2) is 12.1 Å². The summed E-state index contributed by atoms with van der Waals surface area (Å²) in [5.41, 5.74) is 0.444. The van der Waals surface area contributed by atoms with E-state index in [1.807, 2.05) is 13.8 Å². The summed E-state index contributed by atoms with van der Waals surface area (Å²) in [6.45, 7) is 3.43. The van der Waals surface area contributed by atoms with Gasteiger partial charge in [0, 0.05) is 12.6 Å². The van der Waals surface area contributed by atoms with Gasteiger partial charge in [-0.3, -0.25) is 4.79 Å². The average molecular weight is 297 g/mol. The summed E-state index contributed by atoms with van der Waals surface area (Å²) in [6.07, 6.45) is 0. The maximum atomic E-state index is 13.8. The number of benzene rings is 1. The van der Waals surface area contributed by atoms with Crippen molar-refractivity contribution in [1.82, 2.24) is 10.6 Å². The van der Waals surface area contributed by atoms with Crippen LogP contribution in [0, 0.1) is 23.0 Å². The molecular formula is C14H17F2N3O2. The van der Waals surface area contributed by atoms with Gasteiger partial charge in [0.2, 0.25) is 0 Å². The molecule has 21 heavy (non-hydrogen) atoms. The van der Waals surface area contributed by atoms with Gasteiger partial charge in [0.1, 0.15) is 6.54 Å². The van der Waals surface area contributed by atoms with Crippen molar-refractivity contribution in [3.63, 3.8) is 0 Å². The third kappa shape index (κ3) is 5.75. The molecule has 2 N–H and O–H groups in total. The van der Waals surface area contributed by atoms with Crippen molar-refractivity contribution >= 4 is 5.91 Å². The molecule has 0 radical (unpaired) electrons. The molecule has 1 aromatic carbocycles. The zero-order chi connectivity index (χ0) is 15.8. The van der Waals surface area contributed by atoms with Crippen LogP contribution in [0.2, 0.25) is 0 Å². The summed E-state index contributed by atoms with van der Waals surface area (Å²) < 4.78 is 32.3. The van der Waals surface area contributed by atoms with E-state index in [4.69, 9.17) is 10.00 Å². The Morgan fingerprint density at radius 3 is 2.52 bits per heavy atom. The first kappa shape index (κ1) is 16.9. The molecule has 114 valence electrons. The monoisotopic (exact) mass is 297 g/mol. The minimum Gasteiger partial charge on any atom is -0.478 e. The van der Waals surface area contributed by atoms with Crippen molar-refractivity contribution in [3.8, 4) is 11.8 Å². The van der Waals surface area contributed by atoms with Crippen LogP contribution in [-0.4, -0.2) is 25.1 Å². The summed E-state index contributed by atoms with van der Waals surface area (Å²) in [7, 11) is 0. The summed E-state index contributed by atoms with van der Waals surface area (Å²) in [5.74, 6) is -2.97. The number of amides is 1. The van der Waals surface area contributed by atoms with Crippen LogP contribution in [0.25, 0.3) is 0 Å². The molecule has 0 atom stereocenters. The van der Waals surface area contributed by atoms with E-state index in [0.29, 0.717) is 12.1 Å². The minimum atomic E-state index is -0.872. The van der Waals surface area contributed by atoms with E-state index in [0.717, 1.165) is 12.1 Å². The zero-order valence-electron chi connectivity index (χ0n) is 11.9. The number of rotatable bonds is 7. The second-order valence-electron chi connectivity index (χ2n) is 4.65. The molecule has 0 unspecified atom stereocenters. The largest absolute Gasteiger partial charge is 0.478 e. The Hall–Kier alpha value is -2.20. The number of nitrogens with one attached hydrogen (secondary N) is 2. The minimum absolute atomic E-state index is 0.188. The summed E-state index contributed by atoms with van der Waals surface area (Å²) in [4.78, 5) is 11.2. The first-order valence-electron chi connectivity index (χ1n) is 6.41. The number of carbonyl (C=O) groups is 1. The molecule has 0 fully saturated rings. The first-order valence-corrected chi connectivity index (χ1v) is 6.41. The number of carbonyl (C=O) groups excluding carboxylic acids is 1. The third-order valence-corrected chi connectivity index (χ3v) is 2.48. The Morgan fingerprint density at radius 1 is 1.38 bits per heavy atom. The summed E-state index contributed by atoms with van der Waals surface area (Å²) in [5, 5.41) is 13.5. The van der Waals surface area contributed by atoms with Crippen LogP contribution < -0.4 is 15.4 Å². The Labute approximate surface area is 121 Å². The maximum absolute atomic E-state index is 13.8. The lowest BCUT2D eigenvalue weighted by Gasteiger charge is -2.11. The highest BCUT2D eigenvalue weighted by Crippen LogP contribution is 2.23. The maximum Gasteiger partial charge on any atom is 0.258 e. The van der Waals surface area contributed by atoms with E-state index in [-0.39, 0.29) is 12.6 Å². The van der Waals surface area contributed by atoms with Gasteiger partial charge in [-0.05, 0) is 17.7 Å². The Balaban J connectivity index is 2.67. The lowest BCUT2D eigenvalue weighted by atomic mass is 10.2. The lowest BCUT2D eigenvalue weighted by Crippen LogP contribution is -2.29. The van der Waals surface area contributed by atoms with E-state index in [1.165, 1.54) is 0 Å². The first-order chi connectivity index (χ1) is 9.93. The van der Waals surface area contributed by atoms with Gasteiger partial charge in [0.15, 0.2) is 24.0 Å². The van der Waals surface area contributed by atoms with E-state index >= 15 is 0 Å². The molecule has 0 saturated carbocycles. The van der Waals surface area contributed by atoms with Crippen LogP contribution in [0.1, 0.15) is 19.4 Å². The van der Waals surface area contributed by atoms with E-state index in [9.17, 15) is 13.6 Å². The van der Waals surface area contributed by atoms with Crippen LogP contribution in [0.3, 0.4) is 0 Å². The highest BCUT2D eigenvalue weighted by Gasteiger charge is 2.14. The molecule has 0 aliphatic carbocycles. The van der Waals surface area contributed by atoms with Gasteiger partial charge in [0.25, 0.3) is 5.91 Å². The van der Waals surface area contributed by atoms with Crippen molar-refractivity contribution in [1.29, 1.82) is 5.26 Å². The normalized spacial score (nSPS) is 10.3. The topological polar surface area (TPSA) is 74.2 Å². The molecule has 5 nitrogen and oxygen atoms in total. The smallest absolute Gasteiger partial charge is 0.258 e. The second kappa shape index (κ2) is 8.17. The summed E-state index contributed by atoms with van der Waals surface area (Å²) in [6, 6.07) is 4.21. The van der Waals surface area contributed by atoms with E-state index in [1.54, 1.807) is 6.07 Å². The third-order valence-electron chi connectivity index (χ3n) is 2.48. The fraction of sp³-hybridized carbons (Fsp3) is 0.429. The SMILES string of the molecule is CC(C)NCc1cc(F)c(OCC(=O)NCC#N)c(F)c1. The van der Waals surface area contributed by atoms with Gasteiger partial charge in [-0.2, -0.15) is 5.26 Å². The lowest BCUT2D eigenvalue weighted by molar-refractivity contribution is -0.122. The Kier molecular flexibility index (Phi) is 6.56. The molecule has 1 amide bonds. The number of nitrogens with zero attached hydrogens (tertiary/aromatic N) is 1. The fourth-order valence-electron chi connectivity index (χ4n) is 1.50. The van der Waals surface area contributed by atoms with Crippen molar-refractivity contribution in [2.45, 2.75) is 26.4 Å². The predicted molar refractivity (Wildman–Crippen MR) is 72.5 cm³/mol. The van der Waals surface area contributed by atoms with Crippen LogP contribution >= 0.6 is 0 Å². The highest BCUT2D eigenvalue weighted by molar-refractivity contribution is 5.77. The molecule has 0 saturated heterocycles. The fourth-order valence-corrected chi connectivity index (χ4v) is 1.50. The van der Waals surface area contributed by atoms with E-state index in [2.05, 4.69) is 10.6 Å². The Morgan fingerprint density at radius 2 is 2.00 bits per heavy atom.